The first-order chi connectivity index (χ1) is 11.2. The highest BCUT2D eigenvalue weighted by Gasteiger charge is 2.19. The summed E-state index contributed by atoms with van der Waals surface area (Å²) in [6.07, 6.45) is -0.642. The zero-order valence-electron chi connectivity index (χ0n) is 15.0. The summed E-state index contributed by atoms with van der Waals surface area (Å²) in [4.78, 5) is 47.3. The van der Waals surface area contributed by atoms with Crippen LogP contribution in [0.4, 0.5) is 0 Å². The Balaban J connectivity index is 4.11. The standard InChI is InChI=1S/C16H27NO7/c1-6-11(3)17(7-2)14(19)10-22-15(20)8-9-16(21)24-13(5)23-12(4)18/h11,13H,6-10H2,1-5H3. The van der Waals surface area contributed by atoms with Gasteiger partial charge in [0.1, 0.15) is 0 Å². The molecule has 0 spiro atoms. The molecular formula is C16H27NO7. The van der Waals surface area contributed by atoms with Gasteiger partial charge in [0, 0.05) is 26.4 Å². The molecule has 24 heavy (non-hydrogen) atoms. The van der Waals surface area contributed by atoms with Crippen LogP contribution in [0.25, 0.3) is 0 Å². The van der Waals surface area contributed by atoms with Gasteiger partial charge >= 0.3 is 17.9 Å². The van der Waals surface area contributed by atoms with Crippen molar-refractivity contribution >= 4 is 23.8 Å². The number of rotatable bonds is 10. The van der Waals surface area contributed by atoms with Crippen molar-refractivity contribution in [2.24, 2.45) is 0 Å². The van der Waals surface area contributed by atoms with Gasteiger partial charge in [-0.1, -0.05) is 6.92 Å². The zero-order valence-corrected chi connectivity index (χ0v) is 15.0. The molecule has 0 aromatic heterocycles. The lowest BCUT2D eigenvalue weighted by Gasteiger charge is -2.26. The molecule has 8 heteroatoms. The molecule has 2 unspecified atom stereocenters. The van der Waals surface area contributed by atoms with Crippen molar-refractivity contribution in [1.82, 2.24) is 4.90 Å². The first kappa shape index (κ1) is 21.9. The van der Waals surface area contributed by atoms with Crippen LogP contribution in [0.5, 0.6) is 0 Å². The summed E-state index contributed by atoms with van der Waals surface area (Å²) in [7, 11) is 0. The van der Waals surface area contributed by atoms with Gasteiger partial charge in [-0.3, -0.25) is 19.2 Å². The van der Waals surface area contributed by atoms with Gasteiger partial charge in [-0.05, 0) is 20.3 Å². The molecule has 0 aliphatic heterocycles. The third-order valence-corrected chi connectivity index (χ3v) is 3.30. The van der Waals surface area contributed by atoms with Crippen molar-refractivity contribution in [1.29, 1.82) is 0 Å². The number of likely N-dealkylation sites (N-methyl/N-ethyl adjacent to an activating group) is 1. The largest absolute Gasteiger partial charge is 0.456 e. The topological polar surface area (TPSA) is 99.2 Å². The predicted molar refractivity (Wildman–Crippen MR) is 84.7 cm³/mol. The third kappa shape index (κ3) is 9.12. The Morgan fingerprint density at radius 2 is 1.54 bits per heavy atom. The summed E-state index contributed by atoms with van der Waals surface area (Å²) in [6.45, 7) is 8.51. The van der Waals surface area contributed by atoms with E-state index in [0.717, 1.165) is 6.42 Å². The van der Waals surface area contributed by atoms with Crippen LogP contribution in [-0.4, -0.2) is 54.2 Å². The second kappa shape index (κ2) is 11.4. The van der Waals surface area contributed by atoms with Crippen molar-refractivity contribution in [3.63, 3.8) is 0 Å². The van der Waals surface area contributed by atoms with Gasteiger partial charge in [0.15, 0.2) is 6.61 Å². The number of esters is 3. The van der Waals surface area contributed by atoms with Gasteiger partial charge in [0.2, 0.25) is 6.29 Å². The van der Waals surface area contributed by atoms with Gasteiger partial charge in [-0.2, -0.15) is 0 Å². The van der Waals surface area contributed by atoms with E-state index < -0.39 is 24.2 Å². The number of hydrogen-bond acceptors (Lipinski definition) is 7. The highest BCUT2D eigenvalue weighted by atomic mass is 16.7. The van der Waals surface area contributed by atoms with E-state index in [1.54, 1.807) is 4.90 Å². The molecule has 0 rings (SSSR count). The molecule has 0 fully saturated rings. The fraction of sp³-hybridized carbons (Fsp3) is 0.750. The average molecular weight is 345 g/mol. The van der Waals surface area contributed by atoms with Crippen LogP contribution in [0, 0.1) is 0 Å². The Bertz CT molecular complexity index is 450. The molecule has 0 aliphatic carbocycles. The predicted octanol–water partition coefficient (Wildman–Crippen LogP) is 1.41. The molecule has 138 valence electrons. The Morgan fingerprint density at radius 1 is 0.958 bits per heavy atom. The first-order valence-corrected chi connectivity index (χ1v) is 8.02. The van der Waals surface area contributed by atoms with Gasteiger partial charge in [0.05, 0.1) is 12.8 Å². The molecule has 2 atom stereocenters. The molecule has 0 saturated heterocycles. The van der Waals surface area contributed by atoms with Crippen molar-refractivity contribution in [3.05, 3.63) is 0 Å². The Hall–Kier alpha value is -2.12. The maximum atomic E-state index is 12.0. The fourth-order valence-electron chi connectivity index (χ4n) is 1.96. The molecule has 0 aliphatic rings. The minimum absolute atomic E-state index is 0.0685. The second-order valence-corrected chi connectivity index (χ2v) is 5.26. The number of nitrogens with zero attached hydrogens (tertiary/aromatic N) is 1. The van der Waals surface area contributed by atoms with E-state index >= 15 is 0 Å². The summed E-state index contributed by atoms with van der Waals surface area (Å²) in [6, 6.07) is 0.0685. The number of carbonyl (C=O) groups is 4. The lowest BCUT2D eigenvalue weighted by Crippen LogP contribution is -2.40. The summed E-state index contributed by atoms with van der Waals surface area (Å²) in [5.41, 5.74) is 0. The zero-order chi connectivity index (χ0) is 18.7. The first-order valence-electron chi connectivity index (χ1n) is 8.02. The Kier molecular flexibility index (Phi) is 10.4. The Labute approximate surface area is 142 Å². The monoisotopic (exact) mass is 345 g/mol. The van der Waals surface area contributed by atoms with E-state index in [1.807, 2.05) is 20.8 Å². The maximum Gasteiger partial charge on any atom is 0.309 e. The van der Waals surface area contributed by atoms with Crippen molar-refractivity contribution < 1.29 is 33.4 Å². The van der Waals surface area contributed by atoms with Crippen LogP contribution < -0.4 is 0 Å². The summed E-state index contributed by atoms with van der Waals surface area (Å²) in [5, 5.41) is 0. The SMILES string of the molecule is CCC(C)N(CC)C(=O)COC(=O)CCC(=O)OC(C)OC(C)=O. The van der Waals surface area contributed by atoms with Crippen molar-refractivity contribution in [2.45, 2.75) is 66.2 Å². The molecule has 0 heterocycles. The quantitative estimate of drug-likeness (QED) is 0.436. The molecule has 0 aromatic carbocycles. The highest BCUT2D eigenvalue weighted by Crippen LogP contribution is 2.05. The van der Waals surface area contributed by atoms with Crippen LogP contribution in [-0.2, 0) is 33.4 Å². The van der Waals surface area contributed by atoms with Crippen molar-refractivity contribution in [3.8, 4) is 0 Å². The number of amides is 1. The maximum absolute atomic E-state index is 12.0. The molecule has 0 bridgehead atoms. The average Bonchev–Trinajstić information content (AvgIpc) is 2.50. The highest BCUT2D eigenvalue weighted by molar-refractivity contribution is 5.82. The normalized spacial score (nSPS) is 12.7. The van der Waals surface area contributed by atoms with Gasteiger partial charge in [-0.15, -0.1) is 0 Å². The minimum atomic E-state index is -1.01. The van der Waals surface area contributed by atoms with Gasteiger partial charge < -0.3 is 19.1 Å². The minimum Gasteiger partial charge on any atom is -0.456 e. The van der Waals surface area contributed by atoms with Crippen LogP contribution in [0.2, 0.25) is 0 Å². The summed E-state index contributed by atoms with van der Waals surface area (Å²) in [5.74, 6) is -2.20. The molecular weight excluding hydrogens is 318 g/mol. The number of hydrogen-bond donors (Lipinski definition) is 0. The van der Waals surface area contributed by atoms with E-state index in [-0.39, 0.29) is 31.4 Å². The molecule has 0 radical (unpaired) electrons. The molecule has 0 aromatic rings. The van der Waals surface area contributed by atoms with E-state index in [0.29, 0.717) is 6.54 Å². The third-order valence-electron chi connectivity index (χ3n) is 3.30. The van der Waals surface area contributed by atoms with Crippen LogP contribution in [0.15, 0.2) is 0 Å². The van der Waals surface area contributed by atoms with E-state index in [2.05, 4.69) is 4.74 Å². The van der Waals surface area contributed by atoms with Crippen LogP contribution >= 0.6 is 0 Å². The molecule has 0 saturated carbocycles. The van der Waals surface area contributed by atoms with Gasteiger partial charge in [-0.25, -0.2) is 0 Å². The van der Waals surface area contributed by atoms with Crippen LogP contribution in [0.1, 0.15) is 53.9 Å². The number of ether oxygens (including phenoxy) is 3. The van der Waals surface area contributed by atoms with E-state index in [1.165, 1.54) is 13.8 Å². The van der Waals surface area contributed by atoms with Crippen LogP contribution in [0.3, 0.4) is 0 Å². The molecule has 8 nitrogen and oxygen atoms in total. The molecule has 0 N–H and O–H groups in total. The fourth-order valence-corrected chi connectivity index (χ4v) is 1.96. The summed E-state index contributed by atoms with van der Waals surface area (Å²) < 4.78 is 14.3. The van der Waals surface area contributed by atoms with E-state index in [4.69, 9.17) is 9.47 Å². The summed E-state index contributed by atoms with van der Waals surface area (Å²) >= 11 is 0. The lowest BCUT2D eigenvalue weighted by molar-refractivity contribution is -0.183. The second-order valence-electron chi connectivity index (χ2n) is 5.26. The number of carbonyl (C=O) groups excluding carboxylic acids is 4. The lowest BCUT2D eigenvalue weighted by atomic mass is 10.2. The smallest absolute Gasteiger partial charge is 0.309 e. The Morgan fingerprint density at radius 3 is 2.04 bits per heavy atom. The van der Waals surface area contributed by atoms with Gasteiger partial charge in [0.25, 0.3) is 5.91 Å². The molecule has 1 amide bonds. The van der Waals surface area contributed by atoms with E-state index in [9.17, 15) is 19.2 Å². The van der Waals surface area contributed by atoms with Crippen molar-refractivity contribution in [2.75, 3.05) is 13.2 Å².